The van der Waals surface area contributed by atoms with Crippen molar-refractivity contribution >= 4 is 123 Å². The van der Waals surface area contributed by atoms with Crippen LogP contribution in [0.2, 0.25) is 0 Å². The molecule has 0 aromatic rings. The predicted molar refractivity (Wildman–Crippen MR) is 38.0 cm³/mol. The monoisotopic (exact) mass is 547 g/mol. The van der Waals surface area contributed by atoms with Gasteiger partial charge in [-0.1, -0.05) is 0 Å². The molecule has 0 aliphatic carbocycles. The first-order valence-electron chi connectivity index (χ1n) is 2.36. The second-order valence-corrected chi connectivity index (χ2v) is 1.44. The van der Waals surface area contributed by atoms with Crippen LogP contribution in [0.1, 0.15) is 0 Å². The van der Waals surface area contributed by atoms with E-state index in [0.717, 1.165) is 0 Å². The van der Waals surface area contributed by atoms with E-state index in [2.05, 4.69) is 0 Å². The topological polar surface area (TPSA) is 201 Å². The fourth-order valence-electron chi connectivity index (χ4n) is 0. The van der Waals surface area contributed by atoms with Crippen LogP contribution >= 0.6 is 0 Å². The average molecular weight is 545 g/mol. The van der Waals surface area contributed by atoms with E-state index in [1.165, 1.54) is 0 Å². The standard InChI is InChI=1S/5Al.Dy.10O.Sr/q;;;;;+3;;;;;;5*-1;+2. The molecule has 0 N–H and O–H groups in total. The fourth-order valence-corrected chi connectivity index (χ4v) is 0. The van der Waals surface area contributed by atoms with Crippen molar-refractivity contribution in [3.05, 3.63) is 0 Å². The molecule has 0 aromatic heterocycles. The van der Waals surface area contributed by atoms with Gasteiger partial charge >= 0.3 is 201 Å². The zero-order chi connectivity index (χ0) is 13.5. The van der Waals surface area contributed by atoms with Crippen molar-refractivity contribution in [1.82, 2.24) is 0 Å². The molecule has 0 amide bonds. The average Bonchev–Trinajstić information content (AvgIpc) is 2.09. The molecule has 0 atom stereocenters. The summed E-state index contributed by atoms with van der Waals surface area (Å²) in [4.78, 5) is 0. The van der Waals surface area contributed by atoms with Crippen molar-refractivity contribution in [2.45, 2.75) is 0 Å². The van der Waals surface area contributed by atoms with Crippen LogP contribution in [0.15, 0.2) is 0 Å². The van der Waals surface area contributed by atoms with Gasteiger partial charge in [0.05, 0.1) is 0 Å². The molecule has 10 nitrogen and oxygen atoms in total. The van der Waals surface area contributed by atoms with E-state index in [9.17, 15) is 0 Å². The van der Waals surface area contributed by atoms with Crippen LogP contribution in [-0.4, -0.2) is 123 Å². The van der Waals surface area contributed by atoms with Crippen molar-refractivity contribution in [3.63, 3.8) is 0 Å². The van der Waals surface area contributed by atoms with Gasteiger partial charge in [0.2, 0.25) is 0 Å². The molecule has 17 heavy (non-hydrogen) atoms. The summed E-state index contributed by atoms with van der Waals surface area (Å²) >= 11 is -8.75. The van der Waals surface area contributed by atoms with Gasteiger partial charge in [-0.3, -0.25) is 0 Å². The fraction of sp³-hybridized carbons (Fsp3) is 0. The quantitative estimate of drug-likeness (QED) is 0.263. The van der Waals surface area contributed by atoms with E-state index in [0.29, 0.717) is 0 Å². The summed E-state index contributed by atoms with van der Waals surface area (Å²) in [6.45, 7) is 0. The van der Waals surface area contributed by atoms with Crippen molar-refractivity contribution in [2.75, 3.05) is 0 Å². The number of hydrogen-bond acceptors (Lipinski definition) is 10. The minimum atomic E-state index is -1.75. The first-order valence-corrected chi connectivity index (χ1v) is 7.07. The van der Waals surface area contributed by atoms with Gasteiger partial charge in [0.1, 0.15) is 0 Å². The van der Waals surface area contributed by atoms with E-state index in [1.54, 1.807) is 0 Å². The van der Waals surface area contributed by atoms with E-state index < -0.39 is 77.4 Å². The summed E-state index contributed by atoms with van der Waals surface area (Å²) in [6.07, 6.45) is 0. The third-order valence-electron chi connectivity index (χ3n) is 0. The SMILES string of the molecule is [Dy+3].[O]=[Al][O-].[O]=[Al][O-].[O]=[Al][O-].[O]=[Al][O-].[O]=[Al][O-].[Sr+2]. The molecule has 0 aromatic carbocycles. The number of hydrogen-bond donors (Lipinski definition) is 0. The summed E-state index contributed by atoms with van der Waals surface area (Å²) < 4.78 is 84.6. The molecular formula is Al5DyO10Sr. The van der Waals surface area contributed by atoms with Gasteiger partial charge in [0.15, 0.2) is 0 Å². The Hall–Kier alpha value is 3.42. The van der Waals surface area contributed by atoms with Gasteiger partial charge in [0, 0.05) is 0 Å². The molecule has 0 spiro atoms. The molecule has 0 saturated heterocycles. The first kappa shape index (κ1) is 42.8. The molecule has 0 fully saturated rings. The van der Waals surface area contributed by atoms with Gasteiger partial charge < -0.3 is 0 Å². The van der Waals surface area contributed by atoms with Crippen molar-refractivity contribution in [2.24, 2.45) is 0 Å². The third kappa shape index (κ3) is 505. The molecule has 0 unspecified atom stereocenters. The molecular weight excluding hydrogens is 545 g/mol. The van der Waals surface area contributed by atoms with Crippen LogP contribution in [0.4, 0.5) is 0 Å². The van der Waals surface area contributed by atoms with E-state index in [1.807, 2.05) is 0 Å². The first-order chi connectivity index (χ1) is 7.07. The Labute approximate surface area is 196 Å². The Morgan fingerprint density at radius 2 is 0.471 bits per heavy atom. The van der Waals surface area contributed by atoms with Crippen LogP contribution in [0.5, 0.6) is 0 Å². The zero-order valence-electron chi connectivity index (χ0n) is 7.99. The van der Waals surface area contributed by atoms with Gasteiger partial charge in [0.25, 0.3) is 0 Å². The van der Waals surface area contributed by atoms with Crippen LogP contribution in [0.3, 0.4) is 0 Å². The Balaban J connectivity index is -0.0000000143. The maximum absolute atomic E-state index is 8.46. The minimum Gasteiger partial charge on any atom is 2.00 e. The summed E-state index contributed by atoms with van der Waals surface area (Å²) in [5.74, 6) is 0. The molecule has 0 heterocycles. The smallest absolute Gasteiger partial charge is 2.00 e. The molecule has 0 aliphatic rings. The summed E-state index contributed by atoms with van der Waals surface area (Å²) in [7, 11) is 0. The Bertz CT molecular complexity index is 97.0. The van der Waals surface area contributed by atoms with Crippen LogP contribution in [0.25, 0.3) is 0 Å². The molecule has 87 valence electrons. The maximum Gasteiger partial charge on any atom is 2.00 e. The molecule has 0 rings (SSSR count). The third-order valence-corrected chi connectivity index (χ3v) is 0. The van der Waals surface area contributed by atoms with Gasteiger partial charge in [-0.25, -0.2) is 0 Å². The van der Waals surface area contributed by atoms with Gasteiger partial charge in [-0.2, -0.15) is 0 Å². The van der Waals surface area contributed by atoms with Crippen molar-refractivity contribution < 1.29 is 78.0 Å². The van der Waals surface area contributed by atoms with E-state index in [4.69, 9.17) is 39.8 Å². The molecule has 17 heteroatoms. The predicted octanol–water partition coefficient (Wildman–Crippen LogP) is -8.82. The second-order valence-electron chi connectivity index (χ2n) is 0.481. The van der Waals surface area contributed by atoms with Crippen molar-refractivity contribution in [3.8, 4) is 0 Å². The zero-order valence-corrected chi connectivity index (χ0v) is 19.3. The normalized spacial score (nSPS) is 2.35. The van der Waals surface area contributed by atoms with Crippen LogP contribution in [-0.2, 0) is 19.0 Å². The summed E-state index contributed by atoms with van der Waals surface area (Å²) in [6, 6.07) is 0. The minimum absolute atomic E-state index is 0. The van der Waals surface area contributed by atoms with Crippen molar-refractivity contribution in [1.29, 1.82) is 0 Å². The Morgan fingerprint density at radius 1 is 0.471 bits per heavy atom. The van der Waals surface area contributed by atoms with E-state index >= 15 is 0 Å². The van der Waals surface area contributed by atoms with Crippen LogP contribution in [0, 0.1) is 38.2 Å². The Kier molecular flexibility index (Phi) is 234. The molecule has 0 bridgehead atoms. The molecule has 1 radical (unpaired) electrons. The van der Waals surface area contributed by atoms with Gasteiger partial charge in [-0.05, 0) is 0 Å². The van der Waals surface area contributed by atoms with E-state index in [-0.39, 0.29) is 83.7 Å². The number of rotatable bonds is 0. The molecule has 0 aliphatic heterocycles. The summed E-state index contributed by atoms with van der Waals surface area (Å²) in [5.41, 5.74) is 0. The van der Waals surface area contributed by atoms with Gasteiger partial charge in [-0.15, -0.1) is 0 Å². The molecule has 0 saturated carbocycles. The maximum atomic E-state index is 8.46. The van der Waals surface area contributed by atoms with Crippen LogP contribution < -0.4 is 20.8 Å². The largest absolute Gasteiger partial charge is 2.00 e. The Morgan fingerprint density at radius 3 is 0.471 bits per heavy atom. The second kappa shape index (κ2) is 93.0. The summed E-state index contributed by atoms with van der Waals surface area (Å²) in [5, 5.41) is 0.